The topological polar surface area (TPSA) is 58.4 Å². The number of hydrogen-bond acceptors (Lipinski definition) is 4. The van der Waals surface area contributed by atoms with Gasteiger partial charge in [-0.3, -0.25) is 4.79 Å². The van der Waals surface area contributed by atoms with Gasteiger partial charge < -0.3 is 14.7 Å². The van der Waals surface area contributed by atoms with Crippen LogP contribution >= 0.6 is 24.0 Å². The fourth-order valence-corrected chi connectivity index (χ4v) is 4.21. The fraction of sp³-hybridized carbons (Fsp3) is 0.474. The molecular formula is C19H23Cl2N3O2. The molecule has 2 saturated heterocycles. The van der Waals surface area contributed by atoms with E-state index in [1.165, 1.54) is 0 Å². The average Bonchev–Trinajstić information content (AvgIpc) is 3.08. The molecule has 0 radical (unpaired) electrons. The zero-order valence-corrected chi connectivity index (χ0v) is 16.1. The zero-order chi connectivity index (χ0) is 17.3. The Hall–Kier alpha value is -1.56. The molecule has 2 fully saturated rings. The van der Waals surface area contributed by atoms with Gasteiger partial charge in [-0.2, -0.15) is 0 Å². The number of carbonyl (C=O) groups is 1. The molecular weight excluding hydrogens is 373 g/mol. The van der Waals surface area contributed by atoms with E-state index in [0.717, 1.165) is 50.2 Å². The number of amides is 1. The fourth-order valence-electron chi connectivity index (χ4n) is 3.98. The van der Waals surface area contributed by atoms with Gasteiger partial charge in [0, 0.05) is 24.6 Å². The molecule has 1 N–H and O–H groups in total. The summed E-state index contributed by atoms with van der Waals surface area (Å²) >= 11 is 6.22. The second kappa shape index (κ2) is 7.99. The van der Waals surface area contributed by atoms with Gasteiger partial charge >= 0.3 is 0 Å². The number of nitrogens with one attached hydrogen (secondary N) is 1. The third-order valence-electron chi connectivity index (χ3n) is 5.46. The van der Waals surface area contributed by atoms with Crippen LogP contribution in [0.5, 0.6) is 0 Å². The average molecular weight is 396 g/mol. The van der Waals surface area contributed by atoms with Crippen molar-refractivity contribution < 1.29 is 9.32 Å². The predicted octanol–water partition coefficient (Wildman–Crippen LogP) is 3.91. The van der Waals surface area contributed by atoms with E-state index < -0.39 is 0 Å². The van der Waals surface area contributed by atoms with E-state index in [9.17, 15) is 4.79 Å². The largest absolute Gasteiger partial charge is 0.356 e. The third-order valence-corrected chi connectivity index (χ3v) is 5.79. The summed E-state index contributed by atoms with van der Waals surface area (Å²) in [5, 5.41) is 8.20. The van der Waals surface area contributed by atoms with Crippen LogP contribution in [0.2, 0.25) is 5.02 Å². The van der Waals surface area contributed by atoms with Gasteiger partial charge in [-0.05, 0) is 49.9 Å². The molecule has 0 atom stereocenters. The lowest BCUT2D eigenvalue weighted by atomic mass is 9.73. The van der Waals surface area contributed by atoms with Crippen molar-refractivity contribution >= 4 is 29.9 Å². The Balaban J connectivity index is 0.00000196. The Morgan fingerprint density at radius 2 is 2.00 bits per heavy atom. The molecule has 1 amide bonds. The molecule has 0 saturated carbocycles. The highest BCUT2D eigenvalue weighted by molar-refractivity contribution is 6.33. The van der Waals surface area contributed by atoms with Gasteiger partial charge in [0.1, 0.15) is 5.69 Å². The number of aromatic nitrogens is 1. The Bertz CT molecular complexity index is 772. The number of halogens is 2. The first kappa shape index (κ1) is 19.2. The maximum absolute atomic E-state index is 12.4. The van der Waals surface area contributed by atoms with Gasteiger partial charge in [0.15, 0.2) is 5.76 Å². The lowest BCUT2D eigenvalue weighted by Gasteiger charge is -2.45. The Morgan fingerprint density at radius 1 is 1.23 bits per heavy atom. The van der Waals surface area contributed by atoms with Gasteiger partial charge in [-0.15, -0.1) is 12.4 Å². The van der Waals surface area contributed by atoms with Gasteiger partial charge in [0.25, 0.3) is 0 Å². The van der Waals surface area contributed by atoms with Crippen molar-refractivity contribution in [3.05, 3.63) is 41.0 Å². The van der Waals surface area contributed by atoms with Crippen LogP contribution in [0.25, 0.3) is 11.3 Å². The Morgan fingerprint density at radius 3 is 2.77 bits per heavy atom. The first-order valence-electron chi connectivity index (χ1n) is 8.84. The molecule has 0 aliphatic carbocycles. The van der Waals surface area contributed by atoms with Gasteiger partial charge in [0.2, 0.25) is 5.91 Å². The molecule has 2 aliphatic heterocycles. The van der Waals surface area contributed by atoms with Crippen LogP contribution in [0.15, 0.2) is 34.9 Å². The predicted molar refractivity (Wildman–Crippen MR) is 103 cm³/mol. The SMILES string of the molecule is Cl.O=C1CCC2(CCNCC2)CN1Cc1cc(-c2ccccc2Cl)on1. The molecule has 26 heavy (non-hydrogen) atoms. The lowest BCUT2D eigenvalue weighted by molar-refractivity contribution is -0.139. The van der Waals surface area contributed by atoms with Crippen molar-refractivity contribution in [2.24, 2.45) is 5.41 Å². The van der Waals surface area contributed by atoms with Crippen LogP contribution in [0, 0.1) is 5.41 Å². The van der Waals surface area contributed by atoms with Crippen molar-refractivity contribution in [2.45, 2.75) is 32.2 Å². The molecule has 2 aliphatic rings. The van der Waals surface area contributed by atoms with Crippen molar-refractivity contribution in [3.63, 3.8) is 0 Å². The normalized spacial score (nSPS) is 19.4. The minimum atomic E-state index is 0. The maximum atomic E-state index is 12.4. The number of likely N-dealkylation sites (tertiary alicyclic amines) is 1. The van der Waals surface area contributed by atoms with Crippen LogP contribution in [0.4, 0.5) is 0 Å². The highest BCUT2D eigenvalue weighted by Gasteiger charge is 2.39. The van der Waals surface area contributed by atoms with Gasteiger partial charge in [-0.25, -0.2) is 0 Å². The summed E-state index contributed by atoms with van der Waals surface area (Å²) in [7, 11) is 0. The number of rotatable bonds is 3. The van der Waals surface area contributed by atoms with E-state index >= 15 is 0 Å². The summed E-state index contributed by atoms with van der Waals surface area (Å²) in [6.45, 7) is 3.41. The van der Waals surface area contributed by atoms with Crippen molar-refractivity contribution in [1.82, 2.24) is 15.4 Å². The van der Waals surface area contributed by atoms with Crippen LogP contribution in [0.3, 0.4) is 0 Å². The van der Waals surface area contributed by atoms with Crippen LogP contribution in [0.1, 0.15) is 31.4 Å². The number of benzene rings is 1. The molecule has 0 unspecified atom stereocenters. The second-order valence-electron chi connectivity index (χ2n) is 7.16. The smallest absolute Gasteiger partial charge is 0.222 e. The van der Waals surface area contributed by atoms with Crippen LogP contribution in [-0.2, 0) is 11.3 Å². The molecule has 1 aromatic heterocycles. The van der Waals surface area contributed by atoms with Crippen molar-refractivity contribution in [1.29, 1.82) is 0 Å². The molecule has 0 bridgehead atoms. The summed E-state index contributed by atoms with van der Waals surface area (Å²) in [5.41, 5.74) is 1.87. The van der Waals surface area contributed by atoms with E-state index in [0.29, 0.717) is 23.7 Å². The minimum Gasteiger partial charge on any atom is -0.356 e. The summed E-state index contributed by atoms with van der Waals surface area (Å²) in [4.78, 5) is 14.3. The molecule has 1 spiro atoms. The van der Waals surface area contributed by atoms with Crippen molar-refractivity contribution in [3.8, 4) is 11.3 Å². The molecule has 5 nitrogen and oxygen atoms in total. The maximum Gasteiger partial charge on any atom is 0.222 e. The number of hydrogen-bond donors (Lipinski definition) is 1. The van der Waals surface area contributed by atoms with E-state index in [4.69, 9.17) is 16.1 Å². The highest BCUT2D eigenvalue weighted by Crippen LogP contribution is 2.39. The Kier molecular flexibility index (Phi) is 5.90. The summed E-state index contributed by atoms with van der Waals surface area (Å²) in [5.74, 6) is 0.855. The second-order valence-corrected chi connectivity index (χ2v) is 7.57. The lowest BCUT2D eigenvalue weighted by Crippen LogP contribution is -2.50. The monoisotopic (exact) mass is 395 g/mol. The first-order valence-corrected chi connectivity index (χ1v) is 9.22. The number of carbonyl (C=O) groups excluding carboxylic acids is 1. The number of nitrogens with zero attached hydrogens (tertiary/aromatic N) is 2. The summed E-state index contributed by atoms with van der Waals surface area (Å²) in [6, 6.07) is 9.42. The van der Waals surface area contributed by atoms with E-state index in [1.807, 2.05) is 35.2 Å². The molecule has 4 rings (SSSR count). The molecule has 3 heterocycles. The van der Waals surface area contributed by atoms with Crippen LogP contribution in [-0.4, -0.2) is 35.6 Å². The quantitative estimate of drug-likeness (QED) is 0.855. The van der Waals surface area contributed by atoms with E-state index in [-0.39, 0.29) is 23.7 Å². The molecule has 7 heteroatoms. The van der Waals surface area contributed by atoms with Gasteiger partial charge in [-0.1, -0.05) is 28.9 Å². The zero-order valence-electron chi connectivity index (χ0n) is 14.5. The highest BCUT2D eigenvalue weighted by atomic mass is 35.5. The molecule has 1 aromatic carbocycles. The van der Waals surface area contributed by atoms with Crippen molar-refractivity contribution in [2.75, 3.05) is 19.6 Å². The van der Waals surface area contributed by atoms with Gasteiger partial charge in [0.05, 0.1) is 11.6 Å². The van der Waals surface area contributed by atoms with E-state index in [1.54, 1.807) is 0 Å². The summed E-state index contributed by atoms with van der Waals surface area (Å²) in [6.07, 6.45) is 3.92. The standard InChI is InChI=1S/C19H22ClN3O2.ClH/c20-16-4-2-1-3-15(16)17-11-14(22-25-17)12-23-13-19(6-5-18(23)24)7-9-21-10-8-19;/h1-4,11,21H,5-10,12-13H2;1H. The third kappa shape index (κ3) is 3.90. The molecule has 2 aromatic rings. The van der Waals surface area contributed by atoms with Crippen LogP contribution < -0.4 is 5.32 Å². The van der Waals surface area contributed by atoms with E-state index in [2.05, 4.69) is 10.5 Å². The minimum absolute atomic E-state index is 0. The number of piperidine rings is 2. The first-order chi connectivity index (χ1) is 12.2. The summed E-state index contributed by atoms with van der Waals surface area (Å²) < 4.78 is 5.46. The molecule has 140 valence electrons. The Labute approximate surface area is 164 Å².